The molecular weight excluding hydrogens is 168 g/mol. The van der Waals surface area contributed by atoms with Crippen LogP contribution < -0.4 is 10.4 Å². The highest BCUT2D eigenvalue weighted by Crippen LogP contribution is 2.18. The molecule has 13 heavy (non-hydrogen) atoms. The predicted molar refractivity (Wildman–Crippen MR) is 49.0 cm³/mol. The van der Waals surface area contributed by atoms with Crippen LogP contribution in [0.25, 0.3) is 11.0 Å². The van der Waals surface area contributed by atoms with Crippen molar-refractivity contribution in [2.75, 3.05) is 7.04 Å². The Bertz CT molecular complexity index is 571. The standard InChI is InChI=1S/C10H8O3/c1-12-8-4-2-7-3-5-10(11)13-9(7)6-8/h2-6H,1H3/i1D3. The van der Waals surface area contributed by atoms with Gasteiger partial charge in [0.25, 0.3) is 0 Å². The molecule has 1 aromatic heterocycles. The van der Waals surface area contributed by atoms with Gasteiger partial charge in [-0.3, -0.25) is 0 Å². The molecule has 0 bridgehead atoms. The molecule has 2 rings (SSSR count). The zero-order valence-electron chi connectivity index (χ0n) is 9.61. The summed E-state index contributed by atoms with van der Waals surface area (Å²) in [4.78, 5) is 11.0. The van der Waals surface area contributed by atoms with Gasteiger partial charge in [0.1, 0.15) is 11.3 Å². The number of ether oxygens (including phenoxy) is 1. The molecule has 0 unspecified atom stereocenters. The second-order valence-electron chi connectivity index (χ2n) is 2.56. The molecular formula is C10H8O3. The third-order valence-electron chi connectivity index (χ3n) is 1.71. The highest BCUT2D eigenvalue weighted by atomic mass is 16.5. The van der Waals surface area contributed by atoms with E-state index >= 15 is 0 Å². The summed E-state index contributed by atoms with van der Waals surface area (Å²) in [5, 5.41) is 0.706. The smallest absolute Gasteiger partial charge is 0.336 e. The third kappa shape index (κ3) is 1.40. The first-order valence-corrected chi connectivity index (χ1v) is 3.67. The van der Waals surface area contributed by atoms with Gasteiger partial charge in [-0.25, -0.2) is 4.79 Å². The highest BCUT2D eigenvalue weighted by Gasteiger charge is 1.98. The van der Waals surface area contributed by atoms with Crippen molar-refractivity contribution in [2.24, 2.45) is 0 Å². The molecule has 1 aromatic carbocycles. The minimum absolute atomic E-state index is 0.141. The molecule has 3 heteroatoms. The molecule has 0 aliphatic rings. The third-order valence-corrected chi connectivity index (χ3v) is 1.71. The van der Waals surface area contributed by atoms with Crippen LogP contribution in [0.5, 0.6) is 5.75 Å². The molecule has 0 aliphatic carbocycles. The quantitative estimate of drug-likeness (QED) is 0.626. The first-order valence-electron chi connectivity index (χ1n) is 5.17. The highest BCUT2D eigenvalue weighted by molar-refractivity contribution is 5.77. The largest absolute Gasteiger partial charge is 0.497 e. The Morgan fingerprint density at radius 3 is 3.08 bits per heavy atom. The van der Waals surface area contributed by atoms with E-state index in [1.165, 1.54) is 18.2 Å². The van der Waals surface area contributed by atoms with Crippen molar-refractivity contribution in [2.45, 2.75) is 0 Å². The van der Waals surface area contributed by atoms with Crippen LogP contribution in [0.3, 0.4) is 0 Å². The van der Waals surface area contributed by atoms with E-state index < -0.39 is 12.7 Å². The summed E-state index contributed by atoms with van der Waals surface area (Å²) in [6.45, 7) is 0. The summed E-state index contributed by atoms with van der Waals surface area (Å²) in [6.07, 6.45) is 0. The van der Waals surface area contributed by atoms with Gasteiger partial charge in [0.05, 0.1) is 11.2 Å². The average molecular weight is 179 g/mol. The molecule has 1 heterocycles. The molecule has 0 spiro atoms. The Morgan fingerprint density at radius 2 is 2.23 bits per heavy atom. The Balaban J connectivity index is 2.47. The lowest BCUT2D eigenvalue weighted by atomic mass is 10.2. The number of hydrogen-bond acceptors (Lipinski definition) is 3. The van der Waals surface area contributed by atoms with Crippen molar-refractivity contribution in [1.29, 1.82) is 0 Å². The van der Waals surface area contributed by atoms with Crippen LogP contribution in [0.4, 0.5) is 0 Å². The second-order valence-corrected chi connectivity index (χ2v) is 2.56. The SMILES string of the molecule is [2H]C([2H])([2H])Oc1ccc2ccc(=O)oc2c1. The normalized spacial score (nSPS) is 14.6. The first kappa shape index (κ1) is 5.07. The summed E-state index contributed by atoms with van der Waals surface area (Å²) in [7, 11) is -2.51. The Morgan fingerprint density at radius 1 is 1.38 bits per heavy atom. The number of benzene rings is 1. The summed E-state index contributed by atoms with van der Waals surface area (Å²) >= 11 is 0. The van der Waals surface area contributed by atoms with E-state index in [1.54, 1.807) is 12.1 Å². The van der Waals surface area contributed by atoms with E-state index in [4.69, 9.17) is 8.53 Å². The fourth-order valence-corrected chi connectivity index (χ4v) is 1.10. The molecule has 0 aliphatic heterocycles. The summed E-state index contributed by atoms with van der Waals surface area (Å²) in [5.74, 6) is 0.141. The van der Waals surface area contributed by atoms with Crippen molar-refractivity contribution in [3.63, 3.8) is 0 Å². The van der Waals surface area contributed by atoms with E-state index in [-0.39, 0.29) is 5.75 Å². The van der Waals surface area contributed by atoms with Crippen molar-refractivity contribution in [3.05, 3.63) is 40.8 Å². The fourth-order valence-electron chi connectivity index (χ4n) is 1.10. The van der Waals surface area contributed by atoms with Crippen molar-refractivity contribution in [1.82, 2.24) is 0 Å². The second kappa shape index (κ2) is 2.94. The number of methoxy groups -OCH3 is 1. The van der Waals surface area contributed by atoms with Crippen LogP contribution in [0.2, 0.25) is 0 Å². The number of hydrogen-bond donors (Lipinski definition) is 0. The van der Waals surface area contributed by atoms with Crippen LogP contribution in [0.15, 0.2) is 39.5 Å². The van der Waals surface area contributed by atoms with Gasteiger partial charge in [-0.05, 0) is 18.2 Å². The maximum Gasteiger partial charge on any atom is 0.336 e. The summed E-state index contributed by atoms with van der Waals surface area (Å²) in [6, 6.07) is 7.41. The van der Waals surface area contributed by atoms with Crippen molar-refractivity contribution >= 4 is 11.0 Å². The van der Waals surface area contributed by atoms with E-state index in [1.807, 2.05) is 0 Å². The van der Waals surface area contributed by atoms with Gasteiger partial charge >= 0.3 is 5.63 Å². The zero-order chi connectivity index (χ0) is 11.8. The van der Waals surface area contributed by atoms with Gasteiger partial charge in [-0.15, -0.1) is 0 Å². The topological polar surface area (TPSA) is 39.4 Å². The van der Waals surface area contributed by atoms with Crippen LogP contribution in [-0.2, 0) is 0 Å². The Kier molecular flexibility index (Phi) is 1.14. The Labute approximate surface area is 78.8 Å². The molecule has 0 radical (unpaired) electrons. The van der Waals surface area contributed by atoms with Crippen LogP contribution in [-0.4, -0.2) is 7.04 Å². The van der Waals surface area contributed by atoms with Gasteiger partial charge in [-0.2, -0.15) is 0 Å². The lowest BCUT2D eigenvalue weighted by Crippen LogP contribution is -1.94. The molecule has 0 amide bonds. The first-order chi connectivity index (χ1) is 7.44. The molecule has 3 nitrogen and oxygen atoms in total. The van der Waals surface area contributed by atoms with Gasteiger partial charge in [0.15, 0.2) is 0 Å². The molecule has 2 aromatic rings. The molecule has 66 valence electrons. The average Bonchev–Trinajstić information content (AvgIpc) is 2.14. The molecule has 0 saturated heterocycles. The predicted octanol–water partition coefficient (Wildman–Crippen LogP) is 1.80. The fraction of sp³-hybridized carbons (Fsp3) is 0.100. The lowest BCUT2D eigenvalue weighted by Gasteiger charge is -1.99. The van der Waals surface area contributed by atoms with Crippen LogP contribution in [0.1, 0.15) is 4.11 Å². The van der Waals surface area contributed by atoms with Gasteiger partial charge < -0.3 is 9.15 Å². The molecule has 0 atom stereocenters. The van der Waals surface area contributed by atoms with E-state index in [0.29, 0.717) is 11.0 Å². The summed E-state index contributed by atoms with van der Waals surface area (Å²) < 4.78 is 30.4. The monoisotopic (exact) mass is 179 g/mol. The van der Waals surface area contributed by atoms with E-state index in [0.717, 1.165) is 0 Å². The maximum absolute atomic E-state index is 11.0. The van der Waals surface area contributed by atoms with E-state index in [9.17, 15) is 4.79 Å². The minimum atomic E-state index is -2.51. The Hall–Kier alpha value is -1.77. The number of rotatable bonds is 1. The minimum Gasteiger partial charge on any atom is -0.497 e. The molecule has 0 fully saturated rings. The zero-order valence-corrected chi connectivity index (χ0v) is 6.61. The molecule has 0 N–H and O–H groups in total. The number of fused-ring (bicyclic) bond motifs is 1. The van der Waals surface area contributed by atoms with Gasteiger partial charge in [0, 0.05) is 17.5 Å². The lowest BCUT2D eigenvalue weighted by molar-refractivity contribution is 0.414. The van der Waals surface area contributed by atoms with Crippen molar-refractivity contribution < 1.29 is 13.3 Å². The van der Waals surface area contributed by atoms with Gasteiger partial charge in [-0.1, -0.05) is 0 Å². The van der Waals surface area contributed by atoms with Crippen molar-refractivity contribution in [3.8, 4) is 5.75 Å². The molecule has 0 saturated carbocycles. The van der Waals surface area contributed by atoms with Gasteiger partial charge in [0.2, 0.25) is 0 Å². The van der Waals surface area contributed by atoms with E-state index in [2.05, 4.69) is 4.74 Å². The maximum atomic E-state index is 11.0. The van der Waals surface area contributed by atoms with Crippen LogP contribution in [0, 0.1) is 0 Å². The summed E-state index contributed by atoms with van der Waals surface area (Å²) in [5.41, 5.74) is -0.187. The van der Waals surface area contributed by atoms with Crippen LogP contribution >= 0.6 is 0 Å².